The molecular weight excluding hydrogens is 570 g/mol. The molecule has 9 nitrogen and oxygen atoms in total. The van der Waals surface area contributed by atoms with Gasteiger partial charge in [0, 0.05) is 36.3 Å². The molecule has 0 saturated carbocycles. The number of benzene rings is 2. The van der Waals surface area contributed by atoms with Crippen LogP contribution in [0.1, 0.15) is 31.3 Å². The Balaban J connectivity index is 1.63. The van der Waals surface area contributed by atoms with Crippen LogP contribution in [0.15, 0.2) is 42.5 Å². The maximum Gasteiger partial charge on any atom is 0.209 e. The highest BCUT2D eigenvalue weighted by molar-refractivity contribution is 7.88. The standard InChI is InChI=1S/C28H28F2N6O3S2/c1-5-36(27-33-25(23(13-31)40-27)16-6-8-17(29)9-7-16)22-12-24(28(2,3)37)32-26-20(22)10-19(11-21(26)30)35-14-18(15-35)34-41(4,38)39/h6-12,18,34,37H,5,14-15H2,1-4H3. The average Bonchev–Trinajstić information content (AvgIpc) is 3.30. The number of anilines is 3. The van der Waals surface area contributed by atoms with Gasteiger partial charge in [-0.2, -0.15) is 5.26 Å². The van der Waals surface area contributed by atoms with Gasteiger partial charge in [0.15, 0.2) is 10.9 Å². The monoisotopic (exact) mass is 598 g/mol. The van der Waals surface area contributed by atoms with Crippen LogP contribution in [0.4, 0.5) is 25.3 Å². The van der Waals surface area contributed by atoms with Gasteiger partial charge in [-0.25, -0.2) is 31.9 Å². The van der Waals surface area contributed by atoms with Crippen LogP contribution < -0.4 is 14.5 Å². The lowest BCUT2D eigenvalue weighted by atomic mass is 10.0. The van der Waals surface area contributed by atoms with Gasteiger partial charge in [-0.1, -0.05) is 11.3 Å². The Bertz CT molecular complexity index is 1770. The number of hydrogen-bond donors (Lipinski definition) is 2. The summed E-state index contributed by atoms with van der Waals surface area (Å²) in [5, 5.41) is 21.6. The molecule has 0 radical (unpaired) electrons. The molecule has 0 amide bonds. The molecule has 2 N–H and O–H groups in total. The van der Waals surface area contributed by atoms with Crippen molar-refractivity contribution in [3.05, 3.63) is 64.7 Å². The molecule has 214 valence electrons. The number of hydrogen-bond acceptors (Lipinski definition) is 9. The number of aliphatic hydroxyl groups is 1. The largest absolute Gasteiger partial charge is 0.384 e. The van der Waals surface area contributed by atoms with E-state index in [0.29, 0.717) is 57.7 Å². The van der Waals surface area contributed by atoms with Gasteiger partial charge in [0.05, 0.1) is 23.7 Å². The summed E-state index contributed by atoms with van der Waals surface area (Å²) in [5.41, 5.74) is 1.01. The van der Waals surface area contributed by atoms with Gasteiger partial charge < -0.3 is 14.9 Å². The van der Waals surface area contributed by atoms with Crippen molar-refractivity contribution in [3.8, 4) is 17.3 Å². The van der Waals surface area contributed by atoms with Crippen LogP contribution in [0.3, 0.4) is 0 Å². The molecule has 4 aromatic rings. The Morgan fingerprint density at radius 1 is 1.20 bits per heavy atom. The number of rotatable bonds is 8. The van der Waals surface area contributed by atoms with Gasteiger partial charge in [-0.15, -0.1) is 0 Å². The number of nitriles is 1. The Hall–Kier alpha value is -3.70. The van der Waals surface area contributed by atoms with E-state index in [4.69, 9.17) is 4.98 Å². The van der Waals surface area contributed by atoms with Crippen LogP contribution in [0.2, 0.25) is 0 Å². The van der Waals surface area contributed by atoms with Gasteiger partial charge in [0.2, 0.25) is 10.0 Å². The highest BCUT2D eigenvalue weighted by atomic mass is 32.2. The van der Waals surface area contributed by atoms with Crippen molar-refractivity contribution in [2.45, 2.75) is 32.4 Å². The summed E-state index contributed by atoms with van der Waals surface area (Å²) in [6.45, 7) is 6.15. The van der Waals surface area contributed by atoms with Crippen LogP contribution >= 0.6 is 11.3 Å². The fourth-order valence-corrected chi connectivity index (χ4v) is 6.47. The van der Waals surface area contributed by atoms with Crippen LogP contribution in [-0.4, -0.2) is 55.4 Å². The van der Waals surface area contributed by atoms with Crippen LogP contribution in [0.25, 0.3) is 22.2 Å². The minimum Gasteiger partial charge on any atom is -0.384 e. The second kappa shape index (κ2) is 10.6. The zero-order valence-corrected chi connectivity index (χ0v) is 24.4. The van der Waals surface area contributed by atoms with Crippen LogP contribution in [-0.2, 0) is 15.6 Å². The lowest BCUT2D eigenvalue weighted by Gasteiger charge is -2.41. The molecule has 1 aliphatic heterocycles. The number of thiazole rings is 1. The van der Waals surface area contributed by atoms with Crippen molar-refractivity contribution in [2.75, 3.05) is 35.7 Å². The van der Waals surface area contributed by atoms with Gasteiger partial charge in [0.25, 0.3) is 0 Å². The van der Waals surface area contributed by atoms with E-state index in [9.17, 15) is 23.2 Å². The summed E-state index contributed by atoms with van der Waals surface area (Å²) in [6, 6.07) is 12.4. The normalized spacial score (nSPS) is 14.2. The van der Waals surface area contributed by atoms with Crippen molar-refractivity contribution in [2.24, 2.45) is 0 Å². The topological polar surface area (TPSA) is 122 Å². The molecule has 41 heavy (non-hydrogen) atoms. The Labute approximate surface area is 240 Å². The quantitative estimate of drug-likeness (QED) is 0.301. The SMILES string of the molecule is CCN(c1nc(-c2ccc(F)cc2)c(C#N)s1)c1cc(C(C)(C)O)nc2c(F)cc(N3CC(NS(C)(=O)=O)C3)cc12. The minimum atomic E-state index is -3.37. The first-order chi connectivity index (χ1) is 19.3. The molecule has 0 atom stereocenters. The molecule has 0 unspecified atom stereocenters. The third-order valence-corrected chi connectivity index (χ3v) is 8.50. The van der Waals surface area contributed by atoms with E-state index < -0.39 is 27.3 Å². The number of halogens is 2. The zero-order valence-electron chi connectivity index (χ0n) is 22.8. The first-order valence-electron chi connectivity index (χ1n) is 12.8. The molecule has 2 aromatic carbocycles. The number of aromatic nitrogens is 2. The van der Waals surface area contributed by atoms with Gasteiger partial charge in [0.1, 0.15) is 33.6 Å². The molecule has 0 bridgehead atoms. The smallest absolute Gasteiger partial charge is 0.209 e. The van der Waals surface area contributed by atoms with E-state index in [2.05, 4.69) is 15.8 Å². The van der Waals surface area contributed by atoms with E-state index >= 15 is 4.39 Å². The fourth-order valence-electron chi connectivity index (χ4n) is 4.75. The van der Waals surface area contributed by atoms with Crippen molar-refractivity contribution in [3.63, 3.8) is 0 Å². The molecule has 13 heteroatoms. The summed E-state index contributed by atoms with van der Waals surface area (Å²) >= 11 is 1.15. The van der Waals surface area contributed by atoms with E-state index in [1.807, 2.05) is 16.7 Å². The summed E-state index contributed by atoms with van der Waals surface area (Å²) in [4.78, 5) is 13.2. The Kier molecular flexibility index (Phi) is 7.46. The third kappa shape index (κ3) is 5.87. The Morgan fingerprint density at radius 3 is 2.46 bits per heavy atom. The highest BCUT2D eigenvalue weighted by Crippen LogP contribution is 2.41. The number of sulfonamides is 1. The maximum absolute atomic E-state index is 15.6. The third-order valence-electron chi connectivity index (χ3n) is 6.76. The molecule has 0 aliphatic carbocycles. The predicted molar refractivity (Wildman–Crippen MR) is 156 cm³/mol. The lowest BCUT2D eigenvalue weighted by Crippen LogP contribution is -2.59. The second-order valence-corrected chi connectivity index (χ2v) is 13.2. The summed E-state index contributed by atoms with van der Waals surface area (Å²) in [7, 11) is -3.37. The van der Waals surface area contributed by atoms with E-state index in [-0.39, 0.29) is 17.3 Å². The predicted octanol–water partition coefficient (Wildman–Crippen LogP) is 4.63. The van der Waals surface area contributed by atoms with Crippen molar-refractivity contribution >= 4 is 48.8 Å². The molecule has 2 aromatic heterocycles. The lowest BCUT2D eigenvalue weighted by molar-refractivity contribution is 0.0742. The van der Waals surface area contributed by atoms with Gasteiger partial charge >= 0.3 is 0 Å². The highest BCUT2D eigenvalue weighted by Gasteiger charge is 2.31. The second-order valence-electron chi connectivity index (χ2n) is 10.4. The minimum absolute atomic E-state index is 0.0592. The molecule has 5 rings (SSSR count). The number of nitrogens with zero attached hydrogens (tertiary/aromatic N) is 5. The van der Waals surface area contributed by atoms with Crippen molar-refractivity contribution in [1.82, 2.24) is 14.7 Å². The number of fused-ring (bicyclic) bond motifs is 1. The molecule has 1 saturated heterocycles. The first kappa shape index (κ1) is 28.8. The number of pyridine rings is 1. The molecule has 0 spiro atoms. The fraction of sp³-hybridized carbons (Fsp3) is 0.321. The van der Waals surface area contributed by atoms with Gasteiger partial charge in [-0.3, -0.25) is 0 Å². The van der Waals surface area contributed by atoms with Crippen molar-refractivity contribution < 1.29 is 22.3 Å². The summed E-state index contributed by atoms with van der Waals surface area (Å²) in [6.07, 6.45) is 1.10. The summed E-state index contributed by atoms with van der Waals surface area (Å²) < 4.78 is 54.9. The van der Waals surface area contributed by atoms with Crippen LogP contribution in [0, 0.1) is 23.0 Å². The van der Waals surface area contributed by atoms with Gasteiger partial charge in [-0.05, 0) is 63.2 Å². The molecular formula is C28H28F2N6O3S2. The Morgan fingerprint density at radius 2 is 1.88 bits per heavy atom. The average molecular weight is 599 g/mol. The van der Waals surface area contributed by atoms with Crippen molar-refractivity contribution in [1.29, 1.82) is 5.26 Å². The first-order valence-corrected chi connectivity index (χ1v) is 15.5. The van der Waals surface area contributed by atoms with E-state index in [1.165, 1.54) is 18.2 Å². The molecule has 3 heterocycles. The summed E-state index contributed by atoms with van der Waals surface area (Å²) in [5.74, 6) is -0.997. The number of nitrogens with one attached hydrogen (secondary N) is 1. The zero-order chi connectivity index (χ0) is 29.7. The van der Waals surface area contributed by atoms with E-state index in [0.717, 1.165) is 17.6 Å². The molecule has 1 aliphatic rings. The maximum atomic E-state index is 15.6. The van der Waals surface area contributed by atoms with Crippen LogP contribution in [0.5, 0.6) is 0 Å². The van der Waals surface area contributed by atoms with E-state index in [1.54, 1.807) is 38.1 Å². The molecule has 1 fully saturated rings.